The number of hydrogen-bond acceptors (Lipinski definition) is 4. The fraction of sp³-hybridized carbons (Fsp3) is 0.250. The van der Waals surface area contributed by atoms with E-state index in [0.717, 1.165) is 10.0 Å². The Morgan fingerprint density at radius 2 is 1.62 bits per heavy atom. The lowest BCUT2D eigenvalue weighted by atomic mass is 10.1. The summed E-state index contributed by atoms with van der Waals surface area (Å²) in [6, 6.07) is 16.7. The minimum atomic E-state index is -0.561. The number of rotatable bonds is 9. The van der Waals surface area contributed by atoms with Gasteiger partial charge in [0.15, 0.2) is 12.4 Å². The maximum atomic E-state index is 12.0. The largest absolute Gasteiger partial charge is 0.456 e. The molecule has 0 radical (unpaired) electrons. The standard InChI is InChI=1S/C20H20BrNO4/c21-17-8-6-16(7-9-17)18(23)10-11-20(25)26-14-19(24)22-13-12-15-4-2-1-3-5-15/h1-9H,10-14H2,(H,22,24). The van der Waals surface area contributed by atoms with Crippen molar-refractivity contribution in [3.63, 3.8) is 0 Å². The summed E-state index contributed by atoms with van der Waals surface area (Å²) in [6.07, 6.45) is 0.713. The predicted molar refractivity (Wildman–Crippen MR) is 102 cm³/mol. The molecule has 0 atom stereocenters. The molecule has 2 aromatic carbocycles. The number of hydrogen-bond donors (Lipinski definition) is 1. The zero-order valence-corrected chi connectivity index (χ0v) is 15.8. The Labute approximate surface area is 160 Å². The molecule has 0 aliphatic rings. The highest BCUT2D eigenvalue weighted by atomic mass is 79.9. The van der Waals surface area contributed by atoms with Crippen molar-refractivity contribution in [3.05, 3.63) is 70.2 Å². The maximum absolute atomic E-state index is 12.0. The number of carbonyl (C=O) groups is 3. The van der Waals surface area contributed by atoms with Crippen molar-refractivity contribution in [2.24, 2.45) is 0 Å². The van der Waals surface area contributed by atoms with E-state index >= 15 is 0 Å². The predicted octanol–water partition coefficient (Wildman–Crippen LogP) is 3.31. The van der Waals surface area contributed by atoms with E-state index in [2.05, 4.69) is 21.2 Å². The number of ketones is 1. The number of halogens is 1. The molecular weight excluding hydrogens is 398 g/mol. The Morgan fingerprint density at radius 1 is 0.923 bits per heavy atom. The summed E-state index contributed by atoms with van der Waals surface area (Å²) >= 11 is 3.30. The van der Waals surface area contributed by atoms with Gasteiger partial charge in [-0.15, -0.1) is 0 Å². The maximum Gasteiger partial charge on any atom is 0.306 e. The fourth-order valence-electron chi connectivity index (χ4n) is 2.26. The minimum absolute atomic E-state index is 0.0494. The highest BCUT2D eigenvalue weighted by Crippen LogP contribution is 2.12. The summed E-state index contributed by atoms with van der Waals surface area (Å²) in [5.41, 5.74) is 1.66. The molecule has 0 saturated heterocycles. The van der Waals surface area contributed by atoms with Crippen LogP contribution in [0, 0.1) is 0 Å². The first kappa shape index (κ1) is 19.8. The molecule has 0 spiro atoms. The van der Waals surface area contributed by atoms with E-state index in [1.807, 2.05) is 30.3 Å². The molecule has 6 heteroatoms. The number of nitrogens with one attached hydrogen (secondary N) is 1. The molecule has 1 N–H and O–H groups in total. The highest BCUT2D eigenvalue weighted by molar-refractivity contribution is 9.10. The van der Waals surface area contributed by atoms with E-state index in [4.69, 9.17) is 4.74 Å². The smallest absolute Gasteiger partial charge is 0.306 e. The Hall–Kier alpha value is -2.47. The van der Waals surface area contributed by atoms with Gasteiger partial charge in [-0.1, -0.05) is 58.4 Å². The third kappa shape index (κ3) is 7.19. The van der Waals surface area contributed by atoms with Crippen LogP contribution in [0.15, 0.2) is 59.1 Å². The number of Topliss-reactive ketones (excluding diaryl/α,β-unsaturated/α-hetero) is 1. The Kier molecular flexibility index (Phi) is 8.02. The van der Waals surface area contributed by atoms with Gasteiger partial charge in [0.1, 0.15) is 0 Å². The van der Waals surface area contributed by atoms with Crippen LogP contribution in [-0.4, -0.2) is 30.8 Å². The van der Waals surface area contributed by atoms with Crippen LogP contribution in [0.3, 0.4) is 0 Å². The summed E-state index contributed by atoms with van der Waals surface area (Å²) in [6.45, 7) is 0.141. The van der Waals surface area contributed by atoms with Gasteiger partial charge in [-0.2, -0.15) is 0 Å². The number of esters is 1. The number of benzene rings is 2. The van der Waals surface area contributed by atoms with Crippen LogP contribution < -0.4 is 5.32 Å². The zero-order valence-electron chi connectivity index (χ0n) is 14.2. The van der Waals surface area contributed by atoms with E-state index in [9.17, 15) is 14.4 Å². The van der Waals surface area contributed by atoms with Gasteiger partial charge in [-0.3, -0.25) is 14.4 Å². The van der Waals surface area contributed by atoms with Crippen molar-refractivity contribution in [2.45, 2.75) is 19.3 Å². The molecule has 2 rings (SSSR count). The van der Waals surface area contributed by atoms with Crippen LogP contribution in [0.2, 0.25) is 0 Å². The van der Waals surface area contributed by atoms with Gasteiger partial charge in [-0.05, 0) is 24.1 Å². The summed E-state index contributed by atoms with van der Waals surface area (Å²) in [5, 5.41) is 2.69. The first-order valence-corrected chi connectivity index (χ1v) is 9.09. The summed E-state index contributed by atoms with van der Waals surface area (Å²) < 4.78 is 5.78. The summed E-state index contributed by atoms with van der Waals surface area (Å²) in [5.74, 6) is -1.05. The molecule has 0 saturated carbocycles. The molecule has 0 fully saturated rings. The average Bonchev–Trinajstić information content (AvgIpc) is 2.66. The van der Waals surface area contributed by atoms with E-state index < -0.39 is 5.97 Å². The number of ether oxygens (including phenoxy) is 1. The van der Waals surface area contributed by atoms with E-state index in [0.29, 0.717) is 18.5 Å². The number of amides is 1. The third-order valence-corrected chi connectivity index (χ3v) is 4.19. The average molecular weight is 418 g/mol. The quantitative estimate of drug-likeness (QED) is 0.501. The number of carbonyl (C=O) groups excluding carboxylic acids is 3. The molecule has 0 aliphatic carbocycles. The lowest BCUT2D eigenvalue weighted by molar-refractivity contribution is -0.148. The molecule has 0 aromatic heterocycles. The SMILES string of the molecule is O=C(COC(=O)CCC(=O)c1ccc(Br)cc1)NCCc1ccccc1. The third-order valence-electron chi connectivity index (χ3n) is 3.67. The zero-order chi connectivity index (χ0) is 18.8. The normalized spacial score (nSPS) is 10.2. The topological polar surface area (TPSA) is 72.5 Å². The lowest BCUT2D eigenvalue weighted by Crippen LogP contribution is -2.30. The molecule has 2 aromatic rings. The van der Waals surface area contributed by atoms with Crippen LogP contribution in [0.1, 0.15) is 28.8 Å². The van der Waals surface area contributed by atoms with Crippen molar-refractivity contribution in [2.75, 3.05) is 13.2 Å². The monoisotopic (exact) mass is 417 g/mol. The van der Waals surface area contributed by atoms with Crippen LogP contribution in [0.25, 0.3) is 0 Å². The van der Waals surface area contributed by atoms with Crippen molar-refractivity contribution >= 4 is 33.6 Å². The molecule has 0 bridgehead atoms. The van der Waals surface area contributed by atoms with Crippen LogP contribution >= 0.6 is 15.9 Å². The van der Waals surface area contributed by atoms with Gasteiger partial charge in [0.2, 0.25) is 0 Å². The van der Waals surface area contributed by atoms with E-state index in [1.165, 1.54) is 0 Å². The fourth-order valence-corrected chi connectivity index (χ4v) is 2.52. The summed E-state index contributed by atoms with van der Waals surface area (Å²) in [4.78, 5) is 35.3. The molecule has 1 amide bonds. The Balaban J connectivity index is 1.61. The minimum Gasteiger partial charge on any atom is -0.456 e. The summed E-state index contributed by atoms with van der Waals surface area (Å²) in [7, 11) is 0. The molecule has 0 aliphatic heterocycles. The first-order valence-electron chi connectivity index (χ1n) is 8.29. The molecule has 0 unspecified atom stereocenters. The Morgan fingerprint density at radius 3 is 2.31 bits per heavy atom. The first-order chi connectivity index (χ1) is 12.5. The van der Waals surface area contributed by atoms with Gasteiger partial charge in [0.05, 0.1) is 6.42 Å². The van der Waals surface area contributed by atoms with Gasteiger partial charge < -0.3 is 10.1 Å². The van der Waals surface area contributed by atoms with E-state index in [-0.39, 0.29) is 31.1 Å². The van der Waals surface area contributed by atoms with Crippen LogP contribution in [0.4, 0.5) is 0 Å². The molecule has 136 valence electrons. The van der Waals surface area contributed by atoms with Crippen molar-refractivity contribution in [3.8, 4) is 0 Å². The second-order valence-corrected chi connectivity index (χ2v) is 6.59. The van der Waals surface area contributed by atoms with Gasteiger partial charge >= 0.3 is 5.97 Å². The van der Waals surface area contributed by atoms with Crippen LogP contribution in [0.5, 0.6) is 0 Å². The second kappa shape index (κ2) is 10.5. The molecule has 5 nitrogen and oxygen atoms in total. The molecular formula is C20H20BrNO4. The second-order valence-electron chi connectivity index (χ2n) is 5.68. The van der Waals surface area contributed by atoms with Crippen molar-refractivity contribution in [1.29, 1.82) is 0 Å². The van der Waals surface area contributed by atoms with Gasteiger partial charge in [-0.25, -0.2) is 0 Å². The van der Waals surface area contributed by atoms with Gasteiger partial charge in [0, 0.05) is 23.0 Å². The van der Waals surface area contributed by atoms with Crippen molar-refractivity contribution < 1.29 is 19.1 Å². The highest BCUT2D eigenvalue weighted by Gasteiger charge is 2.11. The Bertz CT molecular complexity index is 744. The van der Waals surface area contributed by atoms with E-state index in [1.54, 1.807) is 24.3 Å². The van der Waals surface area contributed by atoms with Crippen molar-refractivity contribution in [1.82, 2.24) is 5.32 Å². The lowest BCUT2D eigenvalue weighted by Gasteiger charge is -2.07. The molecule has 26 heavy (non-hydrogen) atoms. The van der Waals surface area contributed by atoms with Crippen LogP contribution in [-0.2, 0) is 20.7 Å². The van der Waals surface area contributed by atoms with Gasteiger partial charge in [0.25, 0.3) is 5.91 Å². The molecule has 0 heterocycles.